The maximum Gasteiger partial charge on any atom is 0.162 e. The lowest BCUT2D eigenvalue weighted by Gasteiger charge is -2.33. The van der Waals surface area contributed by atoms with Crippen LogP contribution in [0.4, 0.5) is 5.69 Å². The molecule has 0 aliphatic carbocycles. The third-order valence-corrected chi connectivity index (χ3v) is 4.99. The quantitative estimate of drug-likeness (QED) is 0.708. The number of anilines is 1. The Morgan fingerprint density at radius 2 is 1.92 bits per heavy atom. The topological polar surface area (TPSA) is 53.3 Å². The van der Waals surface area contributed by atoms with Gasteiger partial charge in [-0.3, -0.25) is 4.79 Å². The van der Waals surface area contributed by atoms with Gasteiger partial charge in [0.25, 0.3) is 0 Å². The summed E-state index contributed by atoms with van der Waals surface area (Å²) in [6.45, 7) is 3.67. The molecule has 0 amide bonds. The first-order valence-corrected chi connectivity index (χ1v) is 9.23. The van der Waals surface area contributed by atoms with Gasteiger partial charge in [0.15, 0.2) is 5.78 Å². The molecule has 0 aromatic heterocycles. The van der Waals surface area contributed by atoms with Crippen LogP contribution in [0.5, 0.6) is 5.75 Å². The minimum absolute atomic E-state index is 0.135. The highest BCUT2D eigenvalue weighted by Gasteiger charge is 2.21. The normalized spacial score (nSPS) is 14.7. The fourth-order valence-corrected chi connectivity index (χ4v) is 3.36. The Kier molecular flexibility index (Phi) is 5.80. The average molecular weight is 369 g/mol. The number of Topliss-reactive ketones (excluding diaryl/α,β-unsaturated/α-hetero) is 1. The molecule has 1 saturated heterocycles. The van der Waals surface area contributed by atoms with Crippen LogP contribution in [0.2, 0.25) is 5.02 Å². The second-order valence-electron chi connectivity index (χ2n) is 6.38. The van der Waals surface area contributed by atoms with Gasteiger partial charge in [0.1, 0.15) is 17.9 Å². The third-order valence-electron chi connectivity index (χ3n) is 4.68. The van der Waals surface area contributed by atoms with Gasteiger partial charge in [-0.25, -0.2) is 0 Å². The van der Waals surface area contributed by atoms with Crippen molar-refractivity contribution >= 4 is 23.1 Å². The Hall–Kier alpha value is -2.51. The molecule has 1 heterocycles. The zero-order valence-corrected chi connectivity index (χ0v) is 15.5. The molecule has 3 rings (SSSR count). The zero-order valence-electron chi connectivity index (χ0n) is 14.7. The SMILES string of the molecule is CCC(=O)c1ccc(N2CCC(Oc3ccc(C#N)c(Cl)c3)CC2)cc1. The van der Waals surface area contributed by atoms with Crippen LogP contribution >= 0.6 is 11.6 Å². The van der Waals surface area contributed by atoms with Gasteiger partial charge < -0.3 is 9.64 Å². The molecule has 0 unspecified atom stereocenters. The summed E-state index contributed by atoms with van der Waals surface area (Å²) in [5.74, 6) is 0.875. The molecular formula is C21H21ClN2O2. The smallest absolute Gasteiger partial charge is 0.162 e. The summed E-state index contributed by atoms with van der Waals surface area (Å²) >= 11 is 6.06. The number of hydrogen-bond donors (Lipinski definition) is 0. The van der Waals surface area contributed by atoms with Crippen LogP contribution in [-0.4, -0.2) is 25.0 Å². The maximum absolute atomic E-state index is 11.7. The van der Waals surface area contributed by atoms with E-state index in [1.54, 1.807) is 18.2 Å². The second kappa shape index (κ2) is 8.25. The highest BCUT2D eigenvalue weighted by molar-refractivity contribution is 6.31. The minimum atomic E-state index is 0.135. The van der Waals surface area contributed by atoms with Gasteiger partial charge in [0, 0.05) is 49.7 Å². The molecule has 0 spiro atoms. The fraction of sp³-hybridized carbons (Fsp3) is 0.333. The van der Waals surface area contributed by atoms with Gasteiger partial charge in [-0.1, -0.05) is 18.5 Å². The zero-order chi connectivity index (χ0) is 18.5. The maximum atomic E-state index is 11.7. The number of piperidine rings is 1. The van der Waals surface area contributed by atoms with Crippen molar-refractivity contribution in [1.29, 1.82) is 5.26 Å². The number of ether oxygens (including phenoxy) is 1. The summed E-state index contributed by atoms with van der Waals surface area (Å²) in [5.41, 5.74) is 2.36. The van der Waals surface area contributed by atoms with Crippen molar-refractivity contribution in [2.45, 2.75) is 32.3 Å². The summed E-state index contributed by atoms with van der Waals surface area (Å²) in [6.07, 6.45) is 2.48. The molecule has 5 heteroatoms. The number of carbonyl (C=O) groups is 1. The molecule has 134 valence electrons. The molecular weight excluding hydrogens is 348 g/mol. The molecule has 1 aliphatic heterocycles. The van der Waals surface area contributed by atoms with Gasteiger partial charge in [-0.2, -0.15) is 5.26 Å². The number of halogens is 1. The van der Waals surface area contributed by atoms with E-state index in [1.165, 1.54) is 0 Å². The van der Waals surface area contributed by atoms with E-state index in [9.17, 15) is 4.79 Å². The van der Waals surface area contributed by atoms with E-state index in [-0.39, 0.29) is 11.9 Å². The van der Waals surface area contributed by atoms with Crippen LogP contribution in [0.25, 0.3) is 0 Å². The van der Waals surface area contributed by atoms with Gasteiger partial charge in [-0.15, -0.1) is 0 Å². The molecule has 2 aromatic rings. The number of carbonyl (C=O) groups excluding carboxylic acids is 1. The van der Waals surface area contributed by atoms with Crippen LogP contribution in [-0.2, 0) is 0 Å². The standard InChI is InChI=1S/C21H21ClN2O2/c1-2-21(25)15-3-6-17(7-4-15)24-11-9-18(10-12-24)26-19-8-5-16(14-23)20(22)13-19/h3-8,13,18H,2,9-12H2,1H3. The van der Waals surface area contributed by atoms with Crippen molar-refractivity contribution in [3.63, 3.8) is 0 Å². The van der Waals surface area contributed by atoms with Gasteiger partial charge in [0.05, 0.1) is 10.6 Å². The number of ketones is 1. The molecule has 0 atom stereocenters. The molecule has 1 fully saturated rings. The van der Waals surface area contributed by atoms with E-state index in [2.05, 4.69) is 4.90 Å². The number of hydrogen-bond acceptors (Lipinski definition) is 4. The molecule has 1 aliphatic rings. The van der Waals surface area contributed by atoms with E-state index in [0.29, 0.717) is 22.8 Å². The lowest BCUT2D eigenvalue weighted by Crippen LogP contribution is -2.38. The van der Waals surface area contributed by atoms with Crippen LogP contribution in [0.3, 0.4) is 0 Å². The van der Waals surface area contributed by atoms with E-state index in [1.807, 2.05) is 37.3 Å². The van der Waals surface area contributed by atoms with Crippen molar-refractivity contribution in [2.24, 2.45) is 0 Å². The highest BCUT2D eigenvalue weighted by Crippen LogP contribution is 2.26. The molecule has 0 radical (unpaired) electrons. The van der Waals surface area contributed by atoms with Crippen LogP contribution in [0.1, 0.15) is 42.1 Å². The third kappa shape index (κ3) is 4.17. The van der Waals surface area contributed by atoms with Gasteiger partial charge in [0.2, 0.25) is 0 Å². The fourth-order valence-electron chi connectivity index (χ4n) is 3.15. The largest absolute Gasteiger partial charge is 0.490 e. The van der Waals surface area contributed by atoms with Crippen molar-refractivity contribution < 1.29 is 9.53 Å². The van der Waals surface area contributed by atoms with Crippen LogP contribution in [0.15, 0.2) is 42.5 Å². The van der Waals surface area contributed by atoms with E-state index < -0.39 is 0 Å². The first-order chi connectivity index (χ1) is 12.6. The number of rotatable bonds is 5. The lowest BCUT2D eigenvalue weighted by atomic mass is 10.0. The molecule has 4 nitrogen and oxygen atoms in total. The molecule has 0 bridgehead atoms. The summed E-state index contributed by atoms with van der Waals surface area (Å²) < 4.78 is 6.02. The van der Waals surface area contributed by atoms with E-state index in [0.717, 1.165) is 37.2 Å². The second-order valence-corrected chi connectivity index (χ2v) is 6.79. The van der Waals surface area contributed by atoms with Crippen molar-refractivity contribution in [2.75, 3.05) is 18.0 Å². The number of nitrogens with zero attached hydrogens (tertiary/aromatic N) is 2. The summed E-state index contributed by atoms with van der Waals surface area (Å²) in [6, 6.07) is 15.1. The highest BCUT2D eigenvalue weighted by atomic mass is 35.5. The van der Waals surface area contributed by atoms with Crippen molar-refractivity contribution in [3.8, 4) is 11.8 Å². The van der Waals surface area contributed by atoms with Crippen LogP contribution < -0.4 is 9.64 Å². The summed E-state index contributed by atoms with van der Waals surface area (Å²) in [4.78, 5) is 14.0. The molecule has 0 saturated carbocycles. The number of nitriles is 1. The summed E-state index contributed by atoms with van der Waals surface area (Å²) in [5, 5.41) is 9.35. The average Bonchev–Trinajstić information content (AvgIpc) is 2.68. The Bertz CT molecular complexity index is 819. The molecule has 2 aromatic carbocycles. The molecule has 0 N–H and O–H groups in total. The Morgan fingerprint density at radius 3 is 2.50 bits per heavy atom. The van der Waals surface area contributed by atoms with E-state index in [4.69, 9.17) is 21.6 Å². The number of benzene rings is 2. The van der Waals surface area contributed by atoms with Crippen molar-refractivity contribution in [3.05, 3.63) is 58.6 Å². The Balaban J connectivity index is 1.56. The van der Waals surface area contributed by atoms with Crippen molar-refractivity contribution in [1.82, 2.24) is 0 Å². The first kappa shape index (κ1) is 18.3. The Morgan fingerprint density at radius 1 is 1.23 bits per heavy atom. The minimum Gasteiger partial charge on any atom is -0.490 e. The van der Waals surface area contributed by atoms with Gasteiger partial charge >= 0.3 is 0 Å². The summed E-state index contributed by atoms with van der Waals surface area (Å²) in [7, 11) is 0. The first-order valence-electron chi connectivity index (χ1n) is 8.85. The Labute approximate surface area is 158 Å². The van der Waals surface area contributed by atoms with Crippen LogP contribution in [0, 0.1) is 11.3 Å². The lowest BCUT2D eigenvalue weighted by molar-refractivity contribution is 0.0988. The monoisotopic (exact) mass is 368 g/mol. The van der Waals surface area contributed by atoms with E-state index >= 15 is 0 Å². The predicted octanol–water partition coefficient (Wildman–Crippen LogP) is 4.85. The predicted molar refractivity (Wildman–Crippen MR) is 103 cm³/mol. The molecule has 26 heavy (non-hydrogen) atoms. The van der Waals surface area contributed by atoms with Gasteiger partial charge in [-0.05, 0) is 36.4 Å².